The van der Waals surface area contributed by atoms with E-state index in [0.717, 1.165) is 18.7 Å². The Morgan fingerprint density at radius 1 is 1.40 bits per heavy atom. The third kappa shape index (κ3) is 3.71. The van der Waals surface area contributed by atoms with Crippen LogP contribution in [-0.4, -0.2) is 49.4 Å². The molecule has 0 atom stereocenters. The van der Waals surface area contributed by atoms with Crippen LogP contribution in [-0.2, 0) is 11.3 Å². The van der Waals surface area contributed by atoms with E-state index < -0.39 is 5.97 Å². The van der Waals surface area contributed by atoms with Crippen molar-refractivity contribution in [2.45, 2.75) is 25.4 Å². The average molecular weight is 279 g/mol. The second kappa shape index (κ2) is 6.72. The normalized spacial score (nSPS) is 14.6. The molecular formula is C15H21NO4. The first-order chi connectivity index (χ1) is 9.65. The number of benzene rings is 1. The van der Waals surface area contributed by atoms with Gasteiger partial charge in [0, 0.05) is 26.2 Å². The van der Waals surface area contributed by atoms with E-state index in [1.54, 1.807) is 13.2 Å². The third-order valence-electron chi connectivity index (χ3n) is 3.53. The number of aromatic carboxylic acids is 1. The van der Waals surface area contributed by atoms with Crippen LogP contribution in [0.5, 0.6) is 5.75 Å². The summed E-state index contributed by atoms with van der Waals surface area (Å²) >= 11 is 0. The zero-order valence-corrected chi connectivity index (χ0v) is 12.0. The number of hydrogen-bond acceptors (Lipinski definition) is 4. The first-order valence-corrected chi connectivity index (χ1v) is 6.79. The van der Waals surface area contributed by atoms with Crippen molar-refractivity contribution in [2.75, 3.05) is 27.4 Å². The molecule has 0 aromatic heterocycles. The van der Waals surface area contributed by atoms with Crippen LogP contribution in [0.25, 0.3) is 0 Å². The van der Waals surface area contributed by atoms with Crippen LogP contribution in [0.4, 0.5) is 0 Å². The van der Waals surface area contributed by atoms with Gasteiger partial charge in [0.05, 0.1) is 13.7 Å². The van der Waals surface area contributed by atoms with Crippen LogP contribution in [0.1, 0.15) is 28.8 Å². The lowest BCUT2D eigenvalue weighted by atomic mass is 10.1. The molecule has 5 heteroatoms. The van der Waals surface area contributed by atoms with Gasteiger partial charge in [0.1, 0.15) is 11.3 Å². The predicted molar refractivity (Wildman–Crippen MR) is 75.3 cm³/mol. The third-order valence-corrected chi connectivity index (χ3v) is 3.53. The number of carboxylic acid groups (broad SMARTS) is 1. The molecule has 1 N–H and O–H groups in total. The summed E-state index contributed by atoms with van der Waals surface area (Å²) in [5.74, 6) is -0.552. The molecule has 20 heavy (non-hydrogen) atoms. The maximum absolute atomic E-state index is 11.1. The second-order valence-electron chi connectivity index (χ2n) is 5.03. The van der Waals surface area contributed by atoms with E-state index >= 15 is 0 Å². The Morgan fingerprint density at radius 3 is 2.70 bits per heavy atom. The minimum Gasteiger partial charge on any atom is -0.496 e. The van der Waals surface area contributed by atoms with E-state index in [4.69, 9.17) is 14.6 Å². The lowest BCUT2D eigenvalue weighted by Gasteiger charge is -2.22. The van der Waals surface area contributed by atoms with E-state index in [2.05, 4.69) is 4.90 Å². The summed E-state index contributed by atoms with van der Waals surface area (Å²) in [5, 5.41) is 9.08. The number of carbonyl (C=O) groups is 1. The smallest absolute Gasteiger partial charge is 0.339 e. The van der Waals surface area contributed by atoms with Gasteiger partial charge in [-0.05, 0) is 30.5 Å². The van der Waals surface area contributed by atoms with Crippen molar-refractivity contribution in [3.8, 4) is 5.75 Å². The monoisotopic (exact) mass is 279 g/mol. The summed E-state index contributed by atoms with van der Waals surface area (Å²) in [4.78, 5) is 13.4. The highest BCUT2D eigenvalue weighted by Crippen LogP contribution is 2.29. The molecule has 1 aromatic rings. The molecule has 0 aliphatic heterocycles. The van der Waals surface area contributed by atoms with Crippen LogP contribution in [0.2, 0.25) is 0 Å². The minimum absolute atomic E-state index is 0.200. The molecule has 2 rings (SSSR count). The summed E-state index contributed by atoms with van der Waals surface area (Å²) in [5.41, 5.74) is 1.26. The van der Waals surface area contributed by atoms with Gasteiger partial charge in [-0.25, -0.2) is 4.79 Å². The number of methoxy groups -OCH3 is 2. The van der Waals surface area contributed by atoms with Gasteiger partial charge in [0.2, 0.25) is 0 Å². The molecule has 110 valence electrons. The lowest BCUT2D eigenvalue weighted by Crippen LogP contribution is -2.29. The summed E-state index contributed by atoms with van der Waals surface area (Å²) in [6.07, 6.45) is 2.46. The molecule has 0 heterocycles. The summed E-state index contributed by atoms with van der Waals surface area (Å²) in [7, 11) is 3.20. The van der Waals surface area contributed by atoms with Gasteiger partial charge in [0.15, 0.2) is 0 Å². The van der Waals surface area contributed by atoms with Crippen molar-refractivity contribution in [2.24, 2.45) is 0 Å². The van der Waals surface area contributed by atoms with Crippen LogP contribution in [0.15, 0.2) is 18.2 Å². The Kier molecular flexibility index (Phi) is 4.98. The first-order valence-electron chi connectivity index (χ1n) is 6.79. The molecule has 1 aliphatic carbocycles. The minimum atomic E-state index is -0.966. The number of rotatable bonds is 8. The number of carboxylic acids is 1. The molecule has 0 spiro atoms. The molecule has 5 nitrogen and oxygen atoms in total. The van der Waals surface area contributed by atoms with E-state index in [1.807, 2.05) is 12.1 Å². The fourth-order valence-corrected chi connectivity index (χ4v) is 2.28. The number of hydrogen-bond donors (Lipinski definition) is 1. The topological polar surface area (TPSA) is 59.0 Å². The molecular weight excluding hydrogens is 258 g/mol. The van der Waals surface area contributed by atoms with Gasteiger partial charge in [-0.3, -0.25) is 4.90 Å². The van der Waals surface area contributed by atoms with Gasteiger partial charge in [-0.15, -0.1) is 0 Å². The van der Waals surface area contributed by atoms with E-state index in [1.165, 1.54) is 20.0 Å². The number of nitrogens with zero attached hydrogens (tertiary/aromatic N) is 1. The molecule has 0 unspecified atom stereocenters. The highest BCUT2D eigenvalue weighted by atomic mass is 16.5. The van der Waals surface area contributed by atoms with Crippen molar-refractivity contribution in [3.63, 3.8) is 0 Å². The quantitative estimate of drug-likeness (QED) is 0.788. The van der Waals surface area contributed by atoms with Crippen molar-refractivity contribution < 1.29 is 19.4 Å². The average Bonchev–Trinajstić information content (AvgIpc) is 3.27. The molecule has 0 radical (unpaired) electrons. The van der Waals surface area contributed by atoms with Crippen molar-refractivity contribution in [1.29, 1.82) is 0 Å². The molecule has 0 bridgehead atoms. The molecule has 1 saturated carbocycles. The van der Waals surface area contributed by atoms with Gasteiger partial charge in [0.25, 0.3) is 0 Å². The Labute approximate surface area is 119 Å². The van der Waals surface area contributed by atoms with Gasteiger partial charge < -0.3 is 14.6 Å². The largest absolute Gasteiger partial charge is 0.496 e. The molecule has 1 aromatic carbocycles. The van der Waals surface area contributed by atoms with Crippen molar-refractivity contribution in [3.05, 3.63) is 29.3 Å². The predicted octanol–water partition coefficient (Wildman–Crippen LogP) is 2.00. The summed E-state index contributed by atoms with van der Waals surface area (Å²) < 4.78 is 10.3. The van der Waals surface area contributed by atoms with Crippen LogP contribution < -0.4 is 4.74 Å². The molecule has 0 amide bonds. The fourth-order valence-electron chi connectivity index (χ4n) is 2.28. The standard InChI is InChI=1S/C15H21NO4/c1-19-8-7-16(12-4-5-12)10-11-3-6-13(15(17)18)14(9-11)20-2/h3,6,9,12H,4-5,7-8,10H2,1-2H3,(H,17,18). The Hall–Kier alpha value is -1.59. The maximum atomic E-state index is 11.1. The molecule has 1 fully saturated rings. The van der Waals surface area contributed by atoms with E-state index in [9.17, 15) is 4.79 Å². The van der Waals surface area contributed by atoms with Crippen molar-refractivity contribution >= 4 is 5.97 Å². The SMILES string of the molecule is COCCN(Cc1ccc(C(=O)O)c(OC)c1)C1CC1. The zero-order valence-electron chi connectivity index (χ0n) is 12.0. The van der Waals surface area contributed by atoms with E-state index in [0.29, 0.717) is 18.4 Å². The van der Waals surface area contributed by atoms with E-state index in [-0.39, 0.29) is 5.56 Å². The summed E-state index contributed by atoms with van der Waals surface area (Å²) in [6, 6.07) is 5.91. The van der Waals surface area contributed by atoms with Crippen molar-refractivity contribution in [1.82, 2.24) is 4.90 Å². The van der Waals surface area contributed by atoms with Gasteiger partial charge >= 0.3 is 5.97 Å². The number of ether oxygens (including phenoxy) is 2. The molecule has 0 saturated heterocycles. The Balaban J connectivity index is 2.09. The summed E-state index contributed by atoms with van der Waals surface area (Å²) in [6.45, 7) is 2.40. The van der Waals surface area contributed by atoms with Gasteiger partial charge in [-0.1, -0.05) is 6.07 Å². The van der Waals surface area contributed by atoms with Gasteiger partial charge in [-0.2, -0.15) is 0 Å². The maximum Gasteiger partial charge on any atom is 0.339 e. The van der Waals surface area contributed by atoms with Crippen LogP contribution in [0.3, 0.4) is 0 Å². The van der Waals surface area contributed by atoms with Crippen LogP contribution >= 0.6 is 0 Å². The van der Waals surface area contributed by atoms with Crippen LogP contribution in [0, 0.1) is 0 Å². The Morgan fingerprint density at radius 2 is 2.15 bits per heavy atom. The first kappa shape index (κ1) is 14.8. The highest BCUT2D eigenvalue weighted by Gasteiger charge is 2.28. The lowest BCUT2D eigenvalue weighted by molar-refractivity contribution is 0.0693. The Bertz CT molecular complexity index is 471. The fraction of sp³-hybridized carbons (Fsp3) is 0.533. The second-order valence-corrected chi connectivity index (χ2v) is 5.03. The zero-order chi connectivity index (χ0) is 14.5. The molecule has 1 aliphatic rings. The highest BCUT2D eigenvalue weighted by molar-refractivity contribution is 5.90.